The van der Waals surface area contributed by atoms with Crippen LogP contribution in [0.1, 0.15) is 19.3 Å². The minimum absolute atomic E-state index is 0.0220. The molecular formula is C17H23N3O3. The fraction of sp³-hybridized carbons (Fsp3) is 0.529. The number of nitrogens with one attached hydrogen (secondary N) is 2. The highest BCUT2D eigenvalue weighted by Gasteiger charge is 2.38. The predicted molar refractivity (Wildman–Crippen MR) is 88.3 cm³/mol. The molecule has 6 nitrogen and oxygen atoms in total. The molecule has 2 bridgehead atoms. The average molecular weight is 317 g/mol. The number of rotatable bonds is 6. The highest BCUT2D eigenvalue weighted by atomic mass is 16.5. The molecule has 1 saturated carbocycles. The first kappa shape index (κ1) is 16.0. The number of carbonyl (C=O) groups excluding carboxylic acids is 2. The number of likely N-dealkylation sites (tertiary alicyclic amines) is 1. The normalized spacial score (nSPS) is 23.0. The largest absolute Gasteiger partial charge is 0.375 e. The molecule has 2 amide bonds. The third-order valence-electron chi connectivity index (χ3n) is 4.60. The van der Waals surface area contributed by atoms with Gasteiger partial charge in [-0.15, -0.1) is 0 Å². The molecule has 23 heavy (non-hydrogen) atoms. The maximum absolute atomic E-state index is 12.2. The maximum atomic E-state index is 12.2. The SMILES string of the molecule is COCC(=O)Nc1ccc(NC(=O)CN2C[C@@H]3CC[C@H]2C3)cc1. The minimum Gasteiger partial charge on any atom is -0.375 e. The summed E-state index contributed by atoms with van der Waals surface area (Å²) in [6, 6.07) is 7.71. The van der Waals surface area contributed by atoms with Gasteiger partial charge in [0, 0.05) is 31.1 Å². The Morgan fingerprint density at radius 1 is 1.13 bits per heavy atom. The zero-order chi connectivity index (χ0) is 16.2. The molecule has 1 aliphatic carbocycles. The molecule has 0 unspecified atom stereocenters. The Labute approximate surface area is 136 Å². The van der Waals surface area contributed by atoms with Gasteiger partial charge in [0.1, 0.15) is 6.61 Å². The van der Waals surface area contributed by atoms with Crippen molar-refractivity contribution in [1.82, 2.24) is 4.90 Å². The first-order valence-corrected chi connectivity index (χ1v) is 8.07. The topological polar surface area (TPSA) is 70.7 Å². The van der Waals surface area contributed by atoms with Crippen LogP contribution in [-0.2, 0) is 14.3 Å². The number of carbonyl (C=O) groups is 2. The zero-order valence-corrected chi connectivity index (χ0v) is 13.4. The molecule has 2 atom stereocenters. The van der Waals surface area contributed by atoms with E-state index >= 15 is 0 Å². The first-order valence-electron chi connectivity index (χ1n) is 8.07. The molecule has 2 N–H and O–H groups in total. The Hall–Kier alpha value is -1.92. The van der Waals surface area contributed by atoms with Gasteiger partial charge >= 0.3 is 0 Å². The molecule has 6 heteroatoms. The van der Waals surface area contributed by atoms with Crippen LogP contribution >= 0.6 is 0 Å². The van der Waals surface area contributed by atoms with Crippen LogP contribution < -0.4 is 10.6 Å². The van der Waals surface area contributed by atoms with E-state index in [2.05, 4.69) is 15.5 Å². The summed E-state index contributed by atoms with van der Waals surface area (Å²) in [7, 11) is 1.48. The van der Waals surface area contributed by atoms with Crippen LogP contribution in [0.25, 0.3) is 0 Å². The molecule has 0 aromatic heterocycles. The van der Waals surface area contributed by atoms with E-state index in [-0.39, 0.29) is 18.4 Å². The highest BCUT2D eigenvalue weighted by molar-refractivity contribution is 5.94. The number of amides is 2. The molecule has 1 saturated heterocycles. The molecular weight excluding hydrogens is 294 g/mol. The Bertz CT molecular complexity index is 573. The summed E-state index contributed by atoms with van der Waals surface area (Å²) in [6.45, 7) is 1.55. The van der Waals surface area contributed by atoms with Crippen LogP contribution in [0.15, 0.2) is 24.3 Å². The van der Waals surface area contributed by atoms with Gasteiger partial charge in [-0.3, -0.25) is 14.5 Å². The van der Waals surface area contributed by atoms with Crippen LogP contribution in [0.4, 0.5) is 11.4 Å². The maximum Gasteiger partial charge on any atom is 0.250 e. The van der Waals surface area contributed by atoms with Crippen LogP contribution in [0, 0.1) is 5.92 Å². The summed E-state index contributed by atoms with van der Waals surface area (Å²) in [5, 5.41) is 5.63. The fourth-order valence-electron chi connectivity index (χ4n) is 3.57. The second-order valence-corrected chi connectivity index (χ2v) is 6.37. The van der Waals surface area contributed by atoms with Crippen molar-refractivity contribution < 1.29 is 14.3 Å². The van der Waals surface area contributed by atoms with E-state index in [0.29, 0.717) is 18.3 Å². The zero-order valence-electron chi connectivity index (χ0n) is 13.4. The molecule has 1 aromatic rings. The lowest BCUT2D eigenvalue weighted by atomic mass is 10.1. The number of piperidine rings is 1. The lowest BCUT2D eigenvalue weighted by molar-refractivity contribution is -0.119. The van der Waals surface area contributed by atoms with Crippen molar-refractivity contribution in [3.05, 3.63) is 24.3 Å². The smallest absolute Gasteiger partial charge is 0.250 e. The Morgan fingerprint density at radius 2 is 1.78 bits per heavy atom. The number of benzene rings is 1. The van der Waals surface area contributed by atoms with Crippen molar-refractivity contribution in [2.75, 3.05) is 37.4 Å². The van der Waals surface area contributed by atoms with E-state index < -0.39 is 0 Å². The third-order valence-corrected chi connectivity index (χ3v) is 4.60. The van der Waals surface area contributed by atoms with Crippen molar-refractivity contribution in [2.24, 2.45) is 5.92 Å². The molecule has 2 fully saturated rings. The number of hydrogen-bond acceptors (Lipinski definition) is 4. The van der Waals surface area contributed by atoms with Gasteiger partial charge in [0.05, 0.1) is 6.54 Å². The third kappa shape index (κ3) is 4.09. The number of hydrogen-bond donors (Lipinski definition) is 2. The monoisotopic (exact) mass is 317 g/mol. The van der Waals surface area contributed by atoms with E-state index in [1.54, 1.807) is 24.3 Å². The van der Waals surface area contributed by atoms with Gasteiger partial charge in [0.2, 0.25) is 11.8 Å². The molecule has 0 spiro atoms. The van der Waals surface area contributed by atoms with Gasteiger partial charge in [0.25, 0.3) is 0 Å². The van der Waals surface area contributed by atoms with Gasteiger partial charge in [0.15, 0.2) is 0 Å². The number of ether oxygens (including phenoxy) is 1. The Balaban J connectivity index is 1.48. The van der Waals surface area contributed by atoms with Gasteiger partial charge in [-0.2, -0.15) is 0 Å². The number of fused-ring (bicyclic) bond motifs is 2. The van der Waals surface area contributed by atoms with Crippen molar-refractivity contribution in [2.45, 2.75) is 25.3 Å². The number of methoxy groups -OCH3 is 1. The predicted octanol–water partition coefficient (Wildman–Crippen LogP) is 1.69. The van der Waals surface area contributed by atoms with Gasteiger partial charge in [-0.1, -0.05) is 0 Å². The Kier molecular flexibility index (Phi) is 4.93. The fourth-order valence-corrected chi connectivity index (χ4v) is 3.57. The molecule has 0 radical (unpaired) electrons. The molecule has 124 valence electrons. The average Bonchev–Trinajstić information content (AvgIpc) is 3.12. The summed E-state index contributed by atoms with van der Waals surface area (Å²) in [4.78, 5) is 25.9. The summed E-state index contributed by atoms with van der Waals surface area (Å²) in [5.74, 6) is 0.616. The molecule has 1 heterocycles. The number of anilines is 2. The van der Waals surface area contributed by atoms with Crippen molar-refractivity contribution in [1.29, 1.82) is 0 Å². The summed E-state index contributed by atoms with van der Waals surface area (Å²) in [6.07, 6.45) is 3.80. The second kappa shape index (κ2) is 7.10. The van der Waals surface area contributed by atoms with E-state index in [1.165, 1.54) is 26.4 Å². The summed E-state index contributed by atoms with van der Waals surface area (Å²) >= 11 is 0. The minimum atomic E-state index is -0.201. The lowest BCUT2D eigenvalue weighted by Crippen LogP contribution is -2.38. The van der Waals surface area contributed by atoms with Gasteiger partial charge < -0.3 is 15.4 Å². The highest BCUT2D eigenvalue weighted by Crippen LogP contribution is 2.36. The van der Waals surface area contributed by atoms with Gasteiger partial charge in [-0.25, -0.2) is 0 Å². The van der Waals surface area contributed by atoms with E-state index in [4.69, 9.17) is 4.74 Å². The standard InChI is InChI=1S/C17H23N3O3/c1-23-11-17(22)19-14-5-3-13(4-6-14)18-16(21)10-20-9-12-2-7-15(20)8-12/h3-6,12,15H,2,7-11H2,1H3,(H,18,21)(H,19,22)/t12-,15+/m1/s1. The number of nitrogens with zero attached hydrogens (tertiary/aromatic N) is 1. The summed E-state index contributed by atoms with van der Waals surface area (Å²) in [5.41, 5.74) is 1.42. The first-order chi connectivity index (χ1) is 11.1. The summed E-state index contributed by atoms with van der Waals surface area (Å²) < 4.78 is 4.76. The molecule has 3 rings (SSSR count). The molecule has 2 aliphatic rings. The molecule has 1 aliphatic heterocycles. The van der Waals surface area contributed by atoms with Crippen LogP contribution in [0.2, 0.25) is 0 Å². The van der Waals surface area contributed by atoms with Crippen LogP contribution in [-0.4, -0.2) is 49.6 Å². The lowest BCUT2D eigenvalue weighted by Gasteiger charge is -2.25. The van der Waals surface area contributed by atoms with Crippen LogP contribution in [0.5, 0.6) is 0 Å². The van der Waals surface area contributed by atoms with E-state index in [9.17, 15) is 9.59 Å². The Morgan fingerprint density at radius 3 is 2.30 bits per heavy atom. The van der Waals surface area contributed by atoms with Crippen molar-refractivity contribution in [3.63, 3.8) is 0 Å². The van der Waals surface area contributed by atoms with Crippen LogP contribution in [0.3, 0.4) is 0 Å². The quantitative estimate of drug-likeness (QED) is 0.838. The molecule has 1 aromatic carbocycles. The van der Waals surface area contributed by atoms with E-state index in [1.807, 2.05) is 0 Å². The second-order valence-electron chi connectivity index (χ2n) is 6.37. The van der Waals surface area contributed by atoms with Crippen molar-refractivity contribution in [3.8, 4) is 0 Å². The van der Waals surface area contributed by atoms with E-state index in [0.717, 1.165) is 18.2 Å². The van der Waals surface area contributed by atoms with Gasteiger partial charge in [-0.05, 0) is 49.4 Å². The van der Waals surface area contributed by atoms with Crippen molar-refractivity contribution >= 4 is 23.2 Å².